The van der Waals surface area contributed by atoms with Gasteiger partial charge in [0.15, 0.2) is 0 Å². The first kappa shape index (κ1) is 18.0. The molecule has 3 N–H and O–H groups in total. The van der Waals surface area contributed by atoms with Gasteiger partial charge in [-0.15, -0.1) is 0 Å². The zero-order chi connectivity index (χ0) is 18.7. The molecule has 3 aromatic rings. The fourth-order valence-electron chi connectivity index (χ4n) is 4.57. The summed E-state index contributed by atoms with van der Waals surface area (Å²) in [5.41, 5.74) is 3.04. The van der Waals surface area contributed by atoms with Crippen LogP contribution in [0.3, 0.4) is 0 Å². The molecule has 4 rings (SSSR count). The second-order valence-electron chi connectivity index (χ2n) is 7.90. The number of rotatable bonds is 4. The van der Waals surface area contributed by atoms with E-state index in [9.17, 15) is 5.11 Å². The van der Waals surface area contributed by atoms with Crippen LogP contribution < -0.4 is 5.32 Å². The average Bonchev–Trinajstić information content (AvgIpc) is 2.72. The second-order valence-corrected chi connectivity index (χ2v) is 7.90. The smallest absolute Gasteiger partial charge is 0.117 e. The Morgan fingerprint density at radius 2 is 1.33 bits per heavy atom. The van der Waals surface area contributed by atoms with E-state index in [4.69, 9.17) is 0 Å². The molecule has 0 amide bonds. The highest BCUT2D eigenvalue weighted by atomic mass is 16.3. The Kier molecular flexibility index (Phi) is 5.11. The van der Waals surface area contributed by atoms with Gasteiger partial charge in [0, 0.05) is 29.9 Å². The number of nitrogens with two attached hydrogens (primary N) is 1. The number of hydrogen-bond donors (Lipinski definition) is 2. The maximum Gasteiger partial charge on any atom is 0.117 e. The first-order valence-corrected chi connectivity index (χ1v) is 9.87. The van der Waals surface area contributed by atoms with E-state index in [1.54, 1.807) is 0 Å². The minimum absolute atomic E-state index is 0.153. The first-order chi connectivity index (χ1) is 13.2. The van der Waals surface area contributed by atoms with Gasteiger partial charge in [-0.05, 0) is 5.56 Å². The monoisotopic (exact) mass is 358 g/mol. The van der Waals surface area contributed by atoms with E-state index >= 15 is 0 Å². The molecule has 1 fully saturated rings. The Morgan fingerprint density at radius 1 is 0.815 bits per heavy atom. The number of hydrogen-bond acceptors (Lipinski definition) is 1. The van der Waals surface area contributed by atoms with Crippen LogP contribution in [0.25, 0.3) is 0 Å². The molecule has 0 bridgehead atoms. The molecule has 2 heteroatoms. The van der Waals surface area contributed by atoms with E-state index in [0.29, 0.717) is 6.42 Å². The van der Waals surface area contributed by atoms with Crippen molar-refractivity contribution in [1.29, 1.82) is 0 Å². The zero-order valence-corrected chi connectivity index (χ0v) is 15.8. The van der Waals surface area contributed by atoms with Gasteiger partial charge in [-0.2, -0.15) is 0 Å². The SMILES string of the molecule is C[C@@H]1[C@H](c2ccccc2)[NH2+][C@H](c2ccccc2)C[C@]1(O)Cc1ccccc1. The van der Waals surface area contributed by atoms with E-state index < -0.39 is 5.60 Å². The van der Waals surface area contributed by atoms with Gasteiger partial charge in [0.25, 0.3) is 0 Å². The molecular formula is C25H28NO+. The maximum absolute atomic E-state index is 11.8. The Bertz CT molecular complexity index is 849. The summed E-state index contributed by atoms with van der Waals surface area (Å²) >= 11 is 0. The Hall–Kier alpha value is -2.42. The van der Waals surface area contributed by atoms with Crippen LogP contribution in [0.15, 0.2) is 91.0 Å². The van der Waals surface area contributed by atoms with Crippen LogP contribution in [0.1, 0.15) is 42.1 Å². The van der Waals surface area contributed by atoms with Gasteiger partial charge in [-0.1, -0.05) is 97.9 Å². The van der Waals surface area contributed by atoms with Crippen LogP contribution in [-0.4, -0.2) is 10.7 Å². The van der Waals surface area contributed by atoms with Crippen LogP contribution in [0.4, 0.5) is 0 Å². The van der Waals surface area contributed by atoms with Gasteiger partial charge in [0.05, 0.1) is 5.60 Å². The minimum atomic E-state index is -0.739. The molecular weight excluding hydrogens is 330 g/mol. The number of aliphatic hydroxyl groups is 1. The molecule has 0 unspecified atom stereocenters. The van der Waals surface area contributed by atoms with Crippen LogP contribution in [0.2, 0.25) is 0 Å². The third-order valence-electron chi connectivity index (χ3n) is 6.16. The van der Waals surface area contributed by atoms with Gasteiger partial charge in [0.2, 0.25) is 0 Å². The number of benzene rings is 3. The predicted octanol–water partition coefficient (Wildman–Crippen LogP) is 4.05. The van der Waals surface area contributed by atoms with Gasteiger partial charge in [-0.3, -0.25) is 0 Å². The lowest BCUT2D eigenvalue weighted by atomic mass is 9.69. The number of piperidine rings is 1. The summed E-state index contributed by atoms with van der Waals surface area (Å²) in [5.74, 6) is 0.153. The van der Waals surface area contributed by atoms with E-state index in [-0.39, 0.29) is 18.0 Å². The third-order valence-corrected chi connectivity index (χ3v) is 6.16. The molecule has 4 atom stereocenters. The summed E-state index contributed by atoms with van der Waals surface area (Å²) < 4.78 is 0. The van der Waals surface area contributed by atoms with Crippen molar-refractivity contribution in [3.8, 4) is 0 Å². The quantitative estimate of drug-likeness (QED) is 0.725. The summed E-state index contributed by atoms with van der Waals surface area (Å²) in [6.45, 7) is 2.21. The molecule has 1 aliphatic rings. The van der Waals surface area contributed by atoms with Crippen molar-refractivity contribution in [2.24, 2.45) is 5.92 Å². The molecule has 2 nitrogen and oxygen atoms in total. The molecule has 138 valence electrons. The molecule has 0 spiro atoms. The Labute approximate surface area is 161 Å². The van der Waals surface area contributed by atoms with Crippen molar-refractivity contribution in [3.05, 3.63) is 108 Å². The van der Waals surface area contributed by atoms with E-state index in [2.05, 4.69) is 97.2 Å². The first-order valence-electron chi connectivity index (χ1n) is 9.87. The molecule has 1 heterocycles. The largest absolute Gasteiger partial charge is 0.389 e. The fourth-order valence-corrected chi connectivity index (χ4v) is 4.57. The van der Waals surface area contributed by atoms with Crippen molar-refractivity contribution in [1.82, 2.24) is 0 Å². The minimum Gasteiger partial charge on any atom is -0.389 e. The predicted molar refractivity (Wildman–Crippen MR) is 109 cm³/mol. The number of quaternary nitrogens is 1. The standard InChI is InChI=1S/C25H27NO/c1-19-24(22-15-9-4-10-16-22)26-23(21-13-7-3-8-14-21)18-25(19,27)17-20-11-5-2-6-12-20/h2-16,19,23-24,26-27H,17-18H2,1H3/p+1/t19-,23+,24-,25-/m1/s1. The lowest BCUT2D eigenvalue weighted by molar-refractivity contribution is -0.756. The van der Waals surface area contributed by atoms with Crippen LogP contribution in [0, 0.1) is 5.92 Å². The summed E-state index contributed by atoms with van der Waals surface area (Å²) in [7, 11) is 0. The molecule has 3 aromatic carbocycles. The van der Waals surface area contributed by atoms with E-state index in [0.717, 1.165) is 6.42 Å². The van der Waals surface area contributed by atoms with Crippen molar-refractivity contribution < 1.29 is 10.4 Å². The summed E-state index contributed by atoms with van der Waals surface area (Å²) in [5, 5.41) is 14.3. The lowest BCUT2D eigenvalue weighted by Crippen LogP contribution is -2.91. The summed E-state index contributed by atoms with van der Waals surface area (Å²) in [4.78, 5) is 0. The maximum atomic E-state index is 11.8. The van der Waals surface area contributed by atoms with Crippen molar-refractivity contribution in [3.63, 3.8) is 0 Å². The summed E-state index contributed by atoms with van der Waals surface area (Å²) in [6, 6.07) is 32.1. The highest BCUT2D eigenvalue weighted by Gasteiger charge is 2.48. The topological polar surface area (TPSA) is 36.8 Å². The Balaban J connectivity index is 1.70. The third kappa shape index (κ3) is 3.83. The normalized spacial score (nSPS) is 28.0. The van der Waals surface area contributed by atoms with E-state index in [1.165, 1.54) is 16.7 Å². The Morgan fingerprint density at radius 3 is 1.93 bits per heavy atom. The van der Waals surface area contributed by atoms with Crippen molar-refractivity contribution >= 4 is 0 Å². The van der Waals surface area contributed by atoms with Crippen molar-refractivity contribution in [2.45, 2.75) is 37.5 Å². The zero-order valence-electron chi connectivity index (χ0n) is 15.8. The van der Waals surface area contributed by atoms with Gasteiger partial charge in [-0.25, -0.2) is 0 Å². The molecule has 27 heavy (non-hydrogen) atoms. The fraction of sp³-hybridized carbons (Fsp3) is 0.280. The van der Waals surface area contributed by atoms with Crippen LogP contribution in [-0.2, 0) is 6.42 Å². The average molecular weight is 359 g/mol. The molecule has 0 aliphatic carbocycles. The van der Waals surface area contributed by atoms with Crippen molar-refractivity contribution in [2.75, 3.05) is 0 Å². The second kappa shape index (κ2) is 7.67. The molecule has 1 saturated heterocycles. The van der Waals surface area contributed by atoms with Gasteiger partial charge in [0.1, 0.15) is 12.1 Å². The van der Waals surface area contributed by atoms with Crippen LogP contribution in [0.5, 0.6) is 0 Å². The van der Waals surface area contributed by atoms with E-state index in [1.807, 2.05) is 6.07 Å². The summed E-state index contributed by atoms with van der Waals surface area (Å²) in [6.07, 6.45) is 1.45. The highest BCUT2D eigenvalue weighted by Crippen LogP contribution is 2.40. The molecule has 0 aromatic heterocycles. The highest BCUT2D eigenvalue weighted by molar-refractivity contribution is 5.25. The molecule has 0 saturated carbocycles. The molecule has 0 radical (unpaired) electrons. The molecule has 1 aliphatic heterocycles. The van der Waals surface area contributed by atoms with Gasteiger partial charge >= 0.3 is 0 Å². The lowest BCUT2D eigenvalue weighted by Gasteiger charge is -2.45. The van der Waals surface area contributed by atoms with Crippen LogP contribution >= 0.6 is 0 Å². The van der Waals surface area contributed by atoms with Gasteiger partial charge < -0.3 is 10.4 Å².